The summed E-state index contributed by atoms with van der Waals surface area (Å²) in [5, 5.41) is 2.08. The van der Waals surface area contributed by atoms with Gasteiger partial charge in [-0.05, 0) is 47.1 Å². The van der Waals surface area contributed by atoms with Gasteiger partial charge in [-0.2, -0.15) is 0 Å². The fourth-order valence-corrected chi connectivity index (χ4v) is 5.25. The molecule has 0 saturated carbocycles. The zero-order chi connectivity index (χ0) is 23.9. The third kappa shape index (κ3) is 3.45. The molecule has 1 N–H and O–H groups in total. The van der Waals surface area contributed by atoms with Crippen molar-refractivity contribution in [2.45, 2.75) is 6.04 Å². The number of aliphatic imine (C=N–C) groups is 2. The molecule has 1 atom stereocenters. The van der Waals surface area contributed by atoms with E-state index >= 15 is 0 Å². The molecule has 3 heteroatoms. The predicted molar refractivity (Wildman–Crippen MR) is 148 cm³/mol. The Hall–Kier alpha value is -4.76. The van der Waals surface area contributed by atoms with Crippen LogP contribution in [0.3, 0.4) is 0 Å². The van der Waals surface area contributed by atoms with E-state index < -0.39 is 0 Å². The lowest BCUT2D eigenvalue weighted by Gasteiger charge is -2.14. The van der Waals surface area contributed by atoms with E-state index in [4.69, 9.17) is 9.98 Å². The Morgan fingerprint density at radius 2 is 1.08 bits per heavy atom. The highest BCUT2D eigenvalue weighted by atomic mass is 14.9. The number of benzene rings is 3. The van der Waals surface area contributed by atoms with Crippen molar-refractivity contribution in [3.63, 3.8) is 0 Å². The second-order valence-electron chi connectivity index (χ2n) is 9.08. The van der Waals surface area contributed by atoms with Crippen LogP contribution in [0.25, 0.3) is 16.7 Å². The van der Waals surface area contributed by atoms with Gasteiger partial charge >= 0.3 is 0 Å². The topological polar surface area (TPSA) is 40.5 Å². The largest absolute Gasteiger partial charge is 0.354 e. The zero-order valence-corrected chi connectivity index (χ0v) is 19.6. The Labute approximate surface area is 209 Å². The van der Waals surface area contributed by atoms with Gasteiger partial charge in [-0.15, -0.1) is 0 Å². The first kappa shape index (κ1) is 20.6. The van der Waals surface area contributed by atoms with Crippen LogP contribution in [0.1, 0.15) is 16.7 Å². The molecule has 0 radical (unpaired) electrons. The van der Waals surface area contributed by atoms with E-state index in [2.05, 4.69) is 120 Å². The molecule has 170 valence electrons. The summed E-state index contributed by atoms with van der Waals surface area (Å²) in [5.41, 5.74) is 9.61. The molecular formula is C33H23N3. The highest BCUT2D eigenvalue weighted by Gasteiger charge is 2.26. The van der Waals surface area contributed by atoms with Crippen molar-refractivity contribution >= 4 is 28.1 Å². The predicted octanol–water partition coefficient (Wildman–Crippen LogP) is 5.23. The zero-order valence-electron chi connectivity index (χ0n) is 19.6. The average Bonchev–Trinajstić information content (AvgIpc) is 3.70. The number of hydrogen-bond acceptors (Lipinski definition) is 2. The van der Waals surface area contributed by atoms with Crippen molar-refractivity contribution in [3.8, 4) is 0 Å². The highest BCUT2D eigenvalue weighted by molar-refractivity contribution is 6.31. The Morgan fingerprint density at radius 1 is 0.528 bits per heavy atom. The van der Waals surface area contributed by atoms with E-state index in [9.17, 15) is 0 Å². The smallest absolute Gasteiger partial charge is 0.0968 e. The first-order valence-electron chi connectivity index (χ1n) is 12.2. The molecule has 7 rings (SSSR count). The third-order valence-corrected chi connectivity index (χ3v) is 6.87. The van der Waals surface area contributed by atoms with Crippen molar-refractivity contribution in [3.05, 3.63) is 161 Å². The van der Waals surface area contributed by atoms with E-state index in [0.717, 1.165) is 61.2 Å². The van der Waals surface area contributed by atoms with E-state index in [-0.39, 0.29) is 6.04 Å². The van der Waals surface area contributed by atoms with Crippen LogP contribution in [0.5, 0.6) is 0 Å². The molecule has 4 heterocycles. The minimum absolute atomic E-state index is 0.113. The summed E-state index contributed by atoms with van der Waals surface area (Å²) in [6.45, 7) is 0. The summed E-state index contributed by atoms with van der Waals surface area (Å²) in [6.07, 6.45) is 8.61. The molecule has 3 aliphatic rings. The Balaban J connectivity index is 1.60. The second-order valence-corrected chi connectivity index (χ2v) is 9.08. The number of fused-ring (bicyclic) bond motifs is 4. The van der Waals surface area contributed by atoms with E-state index in [1.165, 1.54) is 0 Å². The van der Waals surface area contributed by atoms with Crippen molar-refractivity contribution in [1.82, 2.24) is 4.98 Å². The number of nitrogens with one attached hydrogen (secondary N) is 1. The SMILES string of the molecule is C1=C/C2=C(\c3ccccc3)C3C=CC(=N3)/C(c3ccccc3)=c3/cc/c([nH]3)=C(\c3ccccc3)C1=N2. The van der Waals surface area contributed by atoms with Crippen LogP contribution >= 0.6 is 0 Å². The second kappa shape index (κ2) is 8.47. The maximum absolute atomic E-state index is 5.24. The van der Waals surface area contributed by atoms with Gasteiger partial charge in [-0.1, -0.05) is 97.1 Å². The minimum Gasteiger partial charge on any atom is -0.354 e. The monoisotopic (exact) mass is 461 g/mol. The maximum atomic E-state index is 5.24. The van der Waals surface area contributed by atoms with Gasteiger partial charge < -0.3 is 4.98 Å². The molecule has 6 bridgehead atoms. The Kier molecular flexibility index (Phi) is 4.85. The summed E-state index contributed by atoms with van der Waals surface area (Å²) in [7, 11) is 0. The van der Waals surface area contributed by atoms with Crippen molar-refractivity contribution in [1.29, 1.82) is 0 Å². The lowest BCUT2D eigenvalue weighted by atomic mass is 9.97. The van der Waals surface area contributed by atoms with Crippen LogP contribution in [-0.2, 0) is 0 Å². The van der Waals surface area contributed by atoms with E-state index in [1.807, 2.05) is 12.1 Å². The van der Waals surface area contributed by atoms with Gasteiger partial charge in [-0.25, -0.2) is 4.99 Å². The lowest BCUT2D eigenvalue weighted by molar-refractivity contribution is 1.06. The first-order chi connectivity index (χ1) is 17.8. The van der Waals surface area contributed by atoms with E-state index in [1.54, 1.807) is 0 Å². The van der Waals surface area contributed by atoms with Crippen molar-refractivity contribution in [2.24, 2.45) is 9.98 Å². The number of rotatable bonds is 3. The number of aromatic nitrogens is 1. The van der Waals surface area contributed by atoms with Crippen LogP contribution in [0, 0.1) is 0 Å². The van der Waals surface area contributed by atoms with Crippen LogP contribution in [0.2, 0.25) is 0 Å². The summed E-state index contributed by atoms with van der Waals surface area (Å²) >= 11 is 0. The number of allylic oxidation sites excluding steroid dienone is 3. The van der Waals surface area contributed by atoms with Crippen LogP contribution in [0.4, 0.5) is 0 Å². The van der Waals surface area contributed by atoms with Gasteiger partial charge in [0.1, 0.15) is 0 Å². The molecule has 1 unspecified atom stereocenters. The van der Waals surface area contributed by atoms with Gasteiger partial charge in [0, 0.05) is 27.4 Å². The molecule has 3 nitrogen and oxygen atoms in total. The van der Waals surface area contributed by atoms with Gasteiger partial charge in [0.05, 0.1) is 23.2 Å². The van der Waals surface area contributed by atoms with Crippen LogP contribution in [-0.4, -0.2) is 22.4 Å². The number of aromatic amines is 1. The normalized spacial score (nSPS) is 23.2. The molecule has 0 spiro atoms. The standard InChI is InChI=1S/C33H23N3/c1-4-10-22(11-5-1)31-25-16-18-27(34-25)32(23-12-6-2-7-13-23)29-20-21-30(36-29)33(24-14-8-3-9-15-24)28-19-17-26(31)35-28/h1-21,25,36H/b31-26-,32-29-,33-30-. The van der Waals surface area contributed by atoms with Gasteiger partial charge in [0.2, 0.25) is 0 Å². The maximum Gasteiger partial charge on any atom is 0.0968 e. The van der Waals surface area contributed by atoms with Crippen LogP contribution in [0.15, 0.2) is 143 Å². The molecule has 3 aromatic carbocycles. The molecule has 0 fully saturated rings. The first-order valence-corrected chi connectivity index (χ1v) is 12.2. The quantitative estimate of drug-likeness (QED) is 0.434. The van der Waals surface area contributed by atoms with Gasteiger partial charge in [-0.3, -0.25) is 4.99 Å². The fourth-order valence-electron chi connectivity index (χ4n) is 5.25. The molecule has 0 amide bonds. The minimum atomic E-state index is -0.113. The average molecular weight is 462 g/mol. The van der Waals surface area contributed by atoms with Crippen LogP contribution < -0.4 is 10.7 Å². The molecule has 0 aliphatic carbocycles. The van der Waals surface area contributed by atoms with E-state index in [0.29, 0.717) is 0 Å². The van der Waals surface area contributed by atoms with Crippen molar-refractivity contribution in [2.75, 3.05) is 0 Å². The van der Waals surface area contributed by atoms with Gasteiger partial charge in [0.25, 0.3) is 0 Å². The molecule has 0 saturated heterocycles. The summed E-state index contributed by atoms with van der Waals surface area (Å²) in [6, 6.07) is 35.7. The molecule has 36 heavy (non-hydrogen) atoms. The molecule has 3 aliphatic heterocycles. The fraction of sp³-hybridized carbons (Fsp3) is 0.0303. The molecular weight excluding hydrogens is 438 g/mol. The summed E-state index contributed by atoms with van der Waals surface area (Å²) in [5.74, 6) is 0. The number of hydrogen-bond donors (Lipinski definition) is 1. The molecule has 1 aromatic heterocycles. The van der Waals surface area contributed by atoms with Gasteiger partial charge in [0.15, 0.2) is 0 Å². The third-order valence-electron chi connectivity index (χ3n) is 6.87. The Bertz CT molecular complexity index is 1750. The highest BCUT2D eigenvalue weighted by Crippen LogP contribution is 2.34. The number of nitrogens with zero attached hydrogens (tertiary/aromatic N) is 2. The summed E-state index contributed by atoms with van der Waals surface area (Å²) < 4.78 is 0. The van der Waals surface area contributed by atoms with Crippen molar-refractivity contribution < 1.29 is 0 Å². The molecule has 4 aromatic rings. The number of H-pyrrole nitrogens is 1. The summed E-state index contributed by atoms with van der Waals surface area (Å²) in [4.78, 5) is 14.1. The lowest BCUT2D eigenvalue weighted by Crippen LogP contribution is -2.21. The Morgan fingerprint density at radius 3 is 1.69 bits per heavy atom.